The molecule has 0 atom stereocenters. The van der Waals surface area contributed by atoms with Crippen LogP contribution in [0.3, 0.4) is 0 Å². The number of hydrogen-bond donors (Lipinski definition) is 1. The van der Waals surface area contributed by atoms with Gasteiger partial charge in [0.25, 0.3) is 5.91 Å². The summed E-state index contributed by atoms with van der Waals surface area (Å²) >= 11 is 1.35. The molecule has 2 heterocycles. The van der Waals surface area contributed by atoms with Gasteiger partial charge in [0.15, 0.2) is 0 Å². The molecule has 2 rings (SSSR count). The molecule has 1 N–H and O–H groups in total. The van der Waals surface area contributed by atoms with Gasteiger partial charge >= 0.3 is 5.97 Å². The molecule has 0 aliphatic rings. The van der Waals surface area contributed by atoms with Gasteiger partial charge in [-0.3, -0.25) is 4.79 Å². The highest BCUT2D eigenvalue weighted by Gasteiger charge is 2.20. The molecule has 0 fully saturated rings. The Morgan fingerprint density at radius 3 is 2.52 bits per heavy atom. The lowest BCUT2D eigenvalue weighted by molar-refractivity contribution is 0.0694. The Labute approximate surface area is 126 Å². The molecular formula is C14H16N2O4S. The summed E-state index contributed by atoms with van der Waals surface area (Å²) in [6.07, 6.45) is 0. The van der Waals surface area contributed by atoms with Gasteiger partial charge in [-0.05, 0) is 26.8 Å². The van der Waals surface area contributed by atoms with Gasteiger partial charge < -0.3 is 14.4 Å². The zero-order chi connectivity index (χ0) is 15.7. The standard InChI is InChI=1S/C14H16N2O4S/c1-7-12(21-9(3)15-7)13(17)16(4)6-10-5-11(14(18)19)8(2)20-10/h5H,6H2,1-4H3,(H,18,19). The molecule has 21 heavy (non-hydrogen) atoms. The van der Waals surface area contributed by atoms with E-state index in [4.69, 9.17) is 9.52 Å². The lowest BCUT2D eigenvalue weighted by atomic mass is 10.2. The second-order valence-corrected chi connectivity index (χ2v) is 6.00. The summed E-state index contributed by atoms with van der Waals surface area (Å²) in [6, 6.07) is 1.45. The van der Waals surface area contributed by atoms with E-state index in [1.807, 2.05) is 6.92 Å². The summed E-state index contributed by atoms with van der Waals surface area (Å²) in [6.45, 7) is 5.45. The molecule has 7 heteroatoms. The lowest BCUT2D eigenvalue weighted by Crippen LogP contribution is -2.25. The predicted octanol–water partition coefficient (Wildman–Crippen LogP) is 2.63. The molecule has 0 radical (unpaired) electrons. The van der Waals surface area contributed by atoms with Gasteiger partial charge in [0.1, 0.15) is 22.0 Å². The Hall–Kier alpha value is -2.15. The highest BCUT2D eigenvalue weighted by Crippen LogP contribution is 2.21. The van der Waals surface area contributed by atoms with Crippen LogP contribution in [-0.2, 0) is 6.54 Å². The molecule has 0 bridgehead atoms. The van der Waals surface area contributed by atoms with Crippen molar-refractivity contribution in [3.8, 4) is 0 Å². The number of carbonyl (C=O) groups excluding carboxylic acids is 1. The number of carboxylic acid groups (broad SMARTS) is 1. The van der Waals surface area contributed by atoms with Crippen LogP contribution in [0.4, 0.5) is 0 Å². The first kappa shape index (κ1) is 15.2. The van der Waals surface area contributed by atoms with Crippen molar-refractivity contribution < 1.29 is 19.1 Å². The van der Waals surface area contributed by atoms with E-state index in [0.717, 1.165) is 5.01 Å². The zero-order valence-electron chi connectivity index (χ0n) is 12.3. The first-order chi connectivity index (χ1) is 9.79. The number of aryl methyl sites for hydroxylation is 3. The Morgan fingerprint density at radius 1 is 1.38 bits per heavy atom. The van der Waals surface area contributed by atoms with Crippen molar-refractivity contribution in [3.05, 3.63) is 38.7 Å². The first-order valence-corrected chi connectivity index (χ1v) is 7.13. The van der Waals surface area contributed by atoms with Crippen molar-refractivity contribution >= 4 is 23.2 Å². The molecule has 0 unspecified atom stereocenters. The molecule has 0 aliphatic heterocycles. The van der Waals surface area contributed by atoms with E-state index in [1.165, 1.54) is 22.3 Å². The lowest BCUT2D eigenvalue weighted by Gasteiger charge is -2.14. The van der Waals surface area contributed by atoms with Crippen molar-refractivity contribution in [2.75, 3.05) is 7.05 Å². The smallest absolute Gasteiger partial charge is 0.339 e. The van der Waals surface area contributed by atoms with Crippen molar-refractivity contribution in [1.82, 2.24) is 9.88 Å². The molecule has 0 saturated heterocycles. The largest absolute Gasteiger partial charge is 0.478 e. The van der Waals surface area contributed by atoms with Gasteiger partial charge in [0.05, 0.1) is 17.2 Å². The van der Waals surface area contributed by atoms with Crippen LogP contribution >= 0.6 is 11.3 Å². The predicted molar refractivity (Wildman–Crippen MR) is 77.8 cm³/mol. The molecule has 0 saturated carbocycles. The van der Waals surface area contributed by atoms with Crippen molar-refractivity contribution in [1.29, 1.82) is 0 Å². The van der Waals surface area contributed by atoms with Crippen LogP contribution in [0.15, 0.2) is 10.5 Å². The van der Waals surface area contributed by atoms with Crippen LogP contribution in [0.5, 0.6) is 0 Å². The Balaban J connectivity index is 2.16. The summed E-state index contributed by atoms with van der Waals surface area (Å²) in [4.78, 5) is 29.6. The molecule has 1 amide bonds. The van der Waals surface area contributed by atoms with Crippen molar-refractivity contribution in [3.63, 3.8) is 0 Å². The minimum Gasteiger partial charge on any atom is -0.478 e. The molecule has 0 aromatic carbocycles. The number of carbonyl (C=O) groups is 2. The van der Waals surface area contributed by atoms with Gasteiger partial charge in [0, 0.05) is 7.05 Å². The maximum absolute atomic E-state index is 12.3. The maximum Gasteiger partial charge on any atom is 0.339 e. The Morgan fingerprint density at radius 2 is 2.05 bits per heavy atom. The summed E-state index contributed by atoms with van der Waals surface area (Å²) < 4.78 is 5.38. The van der Waals surface area contributed by atoms with Gasteiger partial charge in [-0.1, -0.05) is 0 Å². The minimum absolute atomic E-state index is 0.121. The zero-order valence-corrected chi connectivity index (χ0v) is 13.1. The summed E-state index contributed by atoms with van der Waals surface area (Å²) in [5.41, 5.74) is 0.826. The molecule has 2 aromatic rings. The van der Waals surface area contributed by atoms with Gasteiger partial charge in [0.2, 0.25) is 0 Å². The first-order valence-electron chi connectivity index (χ1n) is 6.31. The second kappa shape index (κ2) is 5.69. The van der Waals surface area contributed by atoms with E-state index in [0.29, 0.717) is 22.1 Å². The molecule has 2 aromatic heterocycles. The summed E-state index contributed by atoms with van der Waals surface area (Å²) in [5, 5.41) is 9.83. The molecule has 112 valence electrons. The van der Waals surface area contributed by atoms with Crippen LogP contribution in [0, 0.1) is 20.8 Å². The average Bonchev–Trinajstić information content (AvgIpc) is 2.91. The number of aromatic nitrogens is 1. The molecule has 0 aliphatic carbocycles. The normalized spacial score (nSPS) is 10.7. The molecular weight excluding hydrogens is 292 g/mol. The number of amides is 1. The number of hydrogen-bond acceptors (Lipinski definition) is 5. The third kappa shape index (κ3) is 3.13. The van der Waals surface area contributed by atoms with Crippen LogP contribution in [0.2, 0.25) is 0 Å². The van der Waals surface area contributed by atoms with E-state index in [2.05, 4.69) is 4.98 Å². The van der Waals surface area contributed by atoms with E-state index in [1.54, 1.807) is 20.9 Å². The van der Waals surface area contributed by atoms with Gasteiger partial charge in [-0.25, -0.2) is 9.78 Å². The Bertz CT molecular complexity index is 702. The van der Waals surface area contributed by atoms with Crippen LogP contribution in [0.25, 0.3) is 0 Å². The fraction of sp³-hybridized carbons (Fsp3) is 0.357. The highest BCUT2D eigenvalue weighted by atomic mass is 32.1. The van der Waals surface area contributed by atoms with Crippen molar-refractivity contribution in [2.45, 2.75) is 27.3 Å². The van der Waals surface area contributed by atoms with E-state index >= 15 is 0 Å². The number of rotatable bonds is 4. The molecule has 0 spiro atoms. The third-order valence-corrected chi connectivity index (χ3v) is 4.10. The molecule has 6 nitrogen and oxygen atoms in total. The minimum atomic E-state index is -1.04. The fourth-order valence-electron chi connectivity index (χ4n) is 2.04. The monoisotopic (exact) mass is 308 g/mol. The van der Waals surface area contributed by atoms with E-state index in [-0.39, 0.29) is 18.0 Å². The topological polar surface area (TPSA) is 83.6 Å². The van der Waals surface area contributed by atoms with E-state index in [9.17, 15) is 9.59 Å². The Kier molecular flexibility index (Phi) is 4.13. The average molecular weight is 308 g/mol. The summed E-state index contributed by atoms with van der Waals surface area (Å²) in [7, 11) is 1.65. The maximum atomic E-state index is 12.3. The van der Waals surface area contributed by atoms with Gasteiger partial charge in [-0.15, -0.1) is 11.3 Å². The fourth-order valence-corrected chi connectivity index (χ4v) is 2.96. The quantitative estimate of drug-likeness (QED) is 0.938. The van der Waals surface area contributed by atoms with Crippen LogP contribution < -0.4 is 0 Å². The second-order valence-electron chi connectivity index (χ2n) is 4.80. The highest BCUT2D eigenvalue weighted by molar-refractivity contribution is 7.13. The summed E-state index contributed by atoms with van der Waals surface area (Å²) in [5.74, 6) is -0.405. The number of furan rings is 1. The van der Waals surface area contributed by atoms with E-state index < -0.39 is 5.97 Å². The number of aromatic carboxylic acids is 1. The third-order valence-electron chi connectivity index (χ3n) is 3.04. The number of carboxylic acids is 1. The van der Waals surface area contributed by atoms with Crippen molar-refractivity contribution in [2.24, 2.45) is 0 Å². The van der Waals surface area contributed by atoms with Gasteiger partial charge in [-0.2, -0.15) is 0 Å². The van der Waals surface area contributed by atoms with Crippen LogP contribution in [-0.4, -0.2) is 33.9 Å². The number of thiazole rings is 1. The SMILES string of the molecule is Cc1nc(C)c(C(=O)N(C)Cc2cc(C(=O)O)c(C)o2)s1. The van der Waals surface area contributed by atoms with Crippen LogP contribution in [0.1, 0.15) is 42.3 Å². The number of nitrogens with zero attached hydrogens (tertiary/aromatic N) is 2.